The van der Waals surface area contributed by atoms with E-state index in [9.17, 15) is 4.39 Å². The maximum atomic E-state index is 13.1. The smallest absolute Gasteiger partial charge is 0.248 e. The summed E-state index contributed by atoms with van der Waals surface area (Å²) in [6.45, 7) is 6.66. The summed E-state index contributed by atoms with van der Waals surface area (Å²) in [7, 11) is 0. The lowest BCUT2D eigenvalue weighted by molar-refractivity contribution is 0.297. The maximum absolute atomic E-state index is 13.1. The molecule has 0 aromatic heterocycles. The van der Waals surface area contributed by atoms with Gasteiger partial charge in [-0.25, -0.2) is 4.39 Å². The Bertz CT molecular complexity index is 250. The summed E-state index contributed by atoms with van der Waals surface area (Å²) < 4.78 is 13.1. The molecule has 0 aliphatic rings. The molecule has 0 rings (SSSR count). The largest absolute Gasteiger partial charge is 0.341 e. The molecule has 0 nitrogen and oxygen atoms in total. The van der Waals surface area contributed by atoms with Gasteiger partial charge in [0.1, 0.15) is 0 Å². The molecule has 0 amide bonds. The van der Waals surface area contributed by atoms with Crippen LogP contribution in [0.15, 0.2) is 0 Å². The van der Waals surface area contributed by atoms with E-state index in [1.54, 1.807) is 0 Å². The van der Waals surface area contributed by atoms with Gasteiger partial charge in [-0.15, -0.1) is 33.2 Å². The van der Waals surface area contributed by atoms with Crippen molar-refractivity contribution < 1.29 is 4.39 Å². The van der Waals surface area contributed by atoms with Gasteiger partial charge in [0.15, 0.2) is 0 Å². The van der Waals surface area contributed by atoms with Crippen LogP contribution in [-0.4, -0.2) is 12.2 Å². The van der Waals surface area contributed by atoms with Crippen molar-refractivity contribution in [3.05, 3.63) is 0 Å². The molecule has 0 radical (unpaired) electrons. The number of hydrogen-bond donors (Lipinski definition) is 0. The van der Waals surface area contributed by atoms with Crippen LogP contribution in [0.25, 0.3) is 0 Å². The van der Waals surface area contributed by atoms with Crippen LogP contribution >= 0.6 is 33.2 Å². The minimum absolute atomic E-state index is 0.409. The first-order valence-electron chi connectivity index (χ1n) is 11.1. The SMILES string of the molecule is CCCCCC(F)CC[Si](Cl)(Cl)Cl.CCCCCCCCCCCCC. The highest BCUT2D eigenvalue weighted by Crippen LogP contribution is 2.28. The molecular weight excluding hydrogens is 406 g/mol. The van der Waals surface area contributed by atoms with Gasteiger partial charge < -0.3 is 0 Å². The standard InChI is InChI=1S/C13H28.C8H16Cl3FSi/c1-3-5-7-9-11-13-12-10-8-6-4-2;1-2-3-4-5-8(12)6-7-13(9,10)11/h3-13H2,1-2H3;8H,2-7H2,1H3. The van der Waals surface area contributed by atoms with E-state index in [2.05, 4.69) is 20.8 Å². The molecular formula is C21H44Cl3FSi. The van der Waals surface area contributed by atoms with E-state index in [0.29, 0.717) is 18.9 Å². The van der Waals surface area contributed by atoms with Gasteiger partial charge in [0, 0.05) is 0 Å². The molecule has 0 aromatic carbocycles. The lowest BCUT2D eigenvalue weighted by Crippen LogP contribution is -2.12. The van der Waals surface area contributed by atoms with E-state index < -0.39 is 12.2 Å². The molecule has 1 unspecified atom stereocenters. The van der Waals surface area contributed by atoms with E-state index in [1.807, 2.05) is 0 Å². The Hall–Kier alpha value is 1.02. The first-order valence-corrected chi connectivity index (χ1v) is 16.3. The van der Waals surface area contributed by atoms with E-state index in [-0.39, 0.29) is 0 Å². The third kappa shape index (κ3) is 29.8. The van der Waals surface area contributed by atoms with Gasteiger partial charge in [-0.1, -0.05) is 111 Å². The Morgan fingerprint density at radius 2 is 0.923 bits per heavy atom. The third-order valence-corrected chi connectivity index (χ3v) is 7.13. The normalized spacial score (nSPS) is 12.6. The average Bonchev–Trinajstić information content (AvgIpc) is 2.59. The number of rotatable bonds is 17. The third-order valence-electron chi connectivity index (χ3n) is 4.57. The summed E-state index contributed by atoms with van der Waals surface area (Å²) in [5, 5.41) is 0. The molecule has 1 atom stereocenters. The highest BCUT2D eigenvalue weighted by Gasteiger charge is 2.25. The Labute approximate surface area is 179 Å². The fourth-order valence-electron chi connectivity index (χ4n) is 2.82. The Balaban J connectivity index is 0. The zero-order valence-corrected chi connectivity index (χ0v) is 20.9. The molecule has 0 saturated carbocycles. The van der Waals surface area contributed by atoms with Crippen molar-refractivity contribution in [1.29, 1.82) is 0 Å². The molecule has 0 bridgehead atoms. The summed E-state index contributed by atoms with van der Waals surface area (Å²) in [5.74, 6) is 0. The van der Waals surface area contributed by atoms with Crippen molar-refractivity contribution in [3.8, 4) is 0 Å². The second kappa shape index (κ2) is 22.3. The fourth-order valence-corrected chi connectivity index (χ4v) is 4.44. The fraction of sp³-hybridized carbons (Fsp3) is 1.00. The molecule has 5 heteroatoms. The van der Waals surface area contributed by atoms with E-state index in [1.165, 1.54) is 70.6 Å². The average molecular weight is 450 g/mol. The summed E-state index contributed by atoms with van der Waals surface area (Å²) >= 11 is 16.9. The summed E-state index contributed by atoms with van der Waals surface area (Å²) in [5.41, 5.74) is 0. The zero-order valence-electron chi connectivity index (χ0n) is 17.6. The second-order valence-electron chi connectivity index (χ2n) is 7.43. The maximum Gasteiger partial charge on any atom is 0.341 e. The van der Waals surface area contributed by atoms with Crippen molar-refractivity contribution in [2.75, 3.05) is 0 Å². The Morgan fingerprint density at radius 3 is 1.27 bits per heavy atom. The number of unbranched alkanes of at least 4 members (excludes halogenated alkanes) is 12. The number of alkyl halides is 1. The number of halogens is 4. The molecule has 0 aliphatic heterocycles. The molecule has 0 heterocycles. The lowest BCUT2D eigenvalue weighted by Gasteiger charge is -2.10. The van der Waals surface area contributed by atoms with Gasteiger partial charge in [0.2, 0.25) is 0 Å². The van der Waals surface area contributed by atoms with Crippen LogP contribution in [0.1, 0.15) is 124 Å². The predicted octanol–water partition coefficient (Wildman–Crippen LogP) is 10.3. The van der Waals surface area contributed by atoms with Gasteiger partial charge in [-0.05, 0) is 18.9 Å². The predicted molar refractivity (Wildman–Crippen MR) is 124 cm³/mol. The van der Waals surface area contributed by atoms with Crippen LogP contribution in [0.5, 0.6) is 0 Å². The van der Waals surface area contributed by atoms with E-state index >= 15 is 0 Å². The molecule has 0 saturated heterocycles. The van der Waals surface area contributed by atoms with E-state index in [4.69, 9.17) is 33.2 Å². The van der Waals surface area contributed by atoms with Crippen LogP contribution in [0.3, 0.4) is 0 Å². The molecule has 0 spiro atoms. The van der Waals surface area contributed by atoms with Gasteiger partial charge in [-0.2, -0.15) is 0 Å². The Morgan fingerprint density at radius 1 is 0.577 bits per heavy atom. The summed E-state index contributed by atoms with van der Waals surface area (Å²) in [6, 6.07) is -2.16. The second-order valence-corrected chi connectivity index (χ2v) is 16.7. The van der Waals surface area contributed by atoms with Crippen LogP contribution in [0.4, 0.5) is 4.39 Å². The monoisotopic (exact) mass is 448 g/mol. The van der Waals surface area contributed by atoms with Crippen LogP contribution in [0.2, 0.25) is 6.04 Å². The van der Waals surface area contributed by atoms with Crippen LogP contribution < -0.4 is 0 Å². The summed E-state index contributed by atoms with van der Waals surface area (Å²) in [6.07, 6.45) is 19.3. The van der Waals surface area contributed by atoms with Gasteiger partial charge in [0.25, 0.3) is 0 Å². The first-order chi connectivity index (χ1) is 12.4. The van der Waals surface area contributed by atoms with Crippen LogP contribution in [0, 0.1) is 0 Å². The van der Waals surface area contributed by atoms with Gasteiger partial charge in [0.05, 0.1) is 6.17 Å². The quantitative estimate of drug-likeness (QED) is 0.118. The molecule has 0 aliphatic carbocycles. The minimum Gasteiger partial charge on any atom is -0.248 e. The highest BCUT2D eigenvalue weighted by atomic mass is 35.8. The van der Waals surface area contributed by atoms with Crippen molar-refractivity contribution in [1.82, 2.24) is 0 Å². The van der Waals surface area contributed by atoms with Crippen molar-refractivity contribution >= 4 is 39.2 Å². The van der Waals surface area contributed by atoms with Crippen molar-refractivity contribution in [2.24, 2.45) is 0 Å². The van der Waals surface area contributed by atoms with Crippen molar-refractivity contribution in [3.63, 3.8) is 0 Å². The van der Waals surface area contributed by atoms with E-state index in [0.717, 1.165) is 19.3 Å². The highest BCUT2D eigenvalue weighted by molar-refractivity contribution is 7.64. The summed E-state index contributed by atoms with van der Waals surface area (Å²) in [4.78, 5) is 0. The molecule has 0 N–H and O–H groups in total. The minimum atomic E-state index is -2.59. The number of hydrogen-bond acceptors (Lipinski definition) is 0. The van der Waals surface area contributed by atoms with Crippen molar-refractivity contribution in [2.45, 2.75) is 136 Å². The molecule has 26 heavy (non-hydrogen) atoms. The van der Waals surface area contributed by atoms with Gasteiger partial charge in [-0.3, -0.25) is 0 Å². The first kappa shape index (κ1) is 29.2. The molecule has 0 fully saturated rings. The lowest BCUT2D eigenvalue weighted by atomic mass is 10.1. The Kier molecular flexibility index (Phi) is 25.1. The van der Waals surface area contributed by atoms with Crippen LogP contribution in [-0.2, 0) is 0 Å². The van der Waals surface area contributed by atoms with Gasteiger partial charge >= 0.3 is 6.00 Å². The molecule has 0 aromatic rings. The zero-order chi connectivity index (χ0) is 20.1. The molecule has 160 valence electrons. The topological polar surface area (TPSA) is 0 Å².